The number of hydrogen-bond donors (Lipinski definition) is 0. The van der Waals surface area contributed by atoms with Gasteiger partial charge in [-0.25, -0.2) is 8.42 Å². The summed E-state index contributed by atoms with van der Waals surface area (Å²) >= 11 is 5.82. The summed E-state index contributed by atoms with van der Waals surface area (Å²) in [6.45, 7) is 0.0682. The highest BCUT2D eigenvalue weighted by Crippen LogP contribution is 2.25. The standard InChI is InChI=1S/C21H23ClN2O5S/c1-23(18-5-3-2-4-6-18)20(25)15-29-21(26)16-11-13-24(14-12-16)30(27,28)19-9-7-17(22)8-10-19/h2-10,16H,11-15H2,1H3. The first-order valence-electron chi connectivity index (χ1n) is 9.53. The number of rotatable bonds is 6. The number of anilines is 1. The minimum Gasteiger partial charge on any atom is -0.455 e. The largest absolute Gasteiger partial charge is 0.455 e. The third kappa shape index (κ3) is 5.19. The van der Waals surface area contributed by atoms with Gasteiger partial charge in [0.2, 0.25) is 10.0 Å². The van der Waals surface area contributed by atoms with Gasteiger partial charge in [-0.1, -0.05) is 29.8 Å². The summed E-state index contributed by atoms with van der Waals surface area (Å²) in [5, 5.41) is 0.461. The number of sulfonamides is 1. The van der Waals surface area contributed by atoms with Gasteiger partial charge >= 0.3 is 5.97 Å². The lowest BCUT2D eigenvalue weighted by atomic mass is 9.98. The molecule has 30 heavy (non-hydrogen) atoms. The predicted molar refractivity (Wildman–Crippen MR) is 114 cm³/mol. The third-order valence-electron chi connectivity index (χ3n) is 5.09. The van der Waals surface area contributed by atoms with Gasteiger partial charge in [0, 0.05) is 30.8 Å². The van der Waals surface area contributed by atoms with Crippen LogP contribution in [0.3, 0.4) is 0 Å². The van der Waals surface area contributed by atoms with Crippen molar-refractivity contribution in [2.24, 2.45) is 5.92 Å². The third-order valence-corrected chi connectivity index (χ3v) is 7.26. The zero-order chi connectivity index (χ0) is 21.7. The number of ether oxygens (including phenoxy) is 1. The fourth-order valence-electron chi connectivity index (χ4n) is 3.23. The Labute approximate surface area is 181 Å². The van der Waals surface area contributed by atoms with Crippen LogP contribution in [0, 0.1) is 5.92 Å². The van der Waals surface area contributed by atoms with E-state index in [9.17, 15) is 18.0 Å². The lowest BCUT2D eigenvalue weighted by Crippen LogP contribution is -2.41. The van der Waals surface area contributed by atoms with Crippen molar-refractivity contribution in [3.8, 4) is 0 Å². The van der Waals surface area contributed by atoms with Crippen molar-refractivity contribution in [2.45, 2.75) is 17.7 Å². The van der Waals surface area contributed by atoms with E-state index in [1.807, 2.05) is 18.2 Å². The van der Waals surface area contributed by atoms with Crippen molar-refractivity contribution >= 4 is 39.2 Å². The molecule has 0 aliphatic carbocycles. The van der Waals surface area contributed by atoms with Gasteiger partial charge in [-0.3, -0.25) is 9.59 Å². The van der Waals surface area contributed by atoms with Gasteiger partial charge in [-0.2, -0.15) is 4.31 Å². The van der Waals surface area contributed by atoms with E-state index in [1.54, 1.807) is 19.2 Å². The second kappa shape index (κ2) is 9.59. The Balaban J connectivity index is 1.50. The first-order chi connectivity index (χ1) is 14.3. The number of benzene rings is 2. The SMILES string of the molecule is CN(C(=O)COC(=O)C1CCN(S(=O)(=O)c2ccc(Cl)cc2)CC1)c1ccccc1. The molecule has 1 aliphatic heterocycles. The second-order valence-electron chi connectivity index (χ2n) is 7.03. The predicted octanol–water partition coefficient (Wildman–Crippen LogP) is 2.95. The topological polar surface area (TPSA) is 84.0 Å². The molecule has 0 radical (unpaired) electrons. The number of esters is 1. The van der Waals surface area contributed by atoms with Crippen LogP contribution in [-0.2, 0) is 24.3 Å². The van der Waals surface area contributed by atoms with Gasteiger partial charge in [0.1, 0.15) is 0 Å². The van der Waals surface area contributed by atoms with Crippen LogP contribution in [0.5, 0.6) is 0 Å². The van der Waals surface area contributed by atoms with Crippen LogP contribution in [0.4, 0.5) is 5.69 Å². The molecule has 0 spiro atoms. The molecule has 0 aromatic heterocycles. The molecule has 2 aromatic rings. The van der Waals surface area contributed by atoms with Gasteiger partial charge in [0.25, 0.3) is 5.91 Å². The van der Waals surface area contributed by atoms with E-state index in [4.69, 9.17) is 16.3 Å². The normalized spacial score (nSPS) is 15.5. The fraction of sp³-hybridized carbons (Fsp3) is 0.333. The summed E-state index contributed by atoms with van der Waals surface area (Å²) in [5.41, 5.74) is 0.708. The van der Waals surface area contributed by atoms with Crippen molar-refractivity contribution in [1.82, 2.24) is 4.31 Å². The minimum atomic E-state index is -3.63. The molecule has 1 fully saturated rings. The number of likely N-dealkylation sites (N-methyl/N-ethyl adjacent to an activating group) is 1. The minimum absolute atomic E-state index is 0.169. The summed E-state index contributed by atoms with van der Waals surface area (Å²) in [6.07, 6.45) is 0.683. The maximum Gasteiger partial charge on any atom is 0.309 e. The van der Waals surface area contributed by atoms with Crippen molar-refractivity contribution in [3.63, 3.8) is 0 Å². The molecule has 1 amide bonds. The maximum absolute atomic E-state index is 12.7. The van der Waals surface area contributed by atoms with Gasteiger partial charge in [-0.15, -0.1) is 0 Å². The first kappa shape index (κ1) is 22.3. The van der Waals surface area contributed by atoms with Crippen LogP contribution < -0.4 is 4.90 Å². The van der Waals surface area contributed by atoms with E-state index in [0.29, 0.717) is 23.6 Å². The highest BCUT2D eigenvalue weighted by Gasteiger charge is 2.33. The number of nitrogens with zero attached hydrogens (tertiary/aromatic N) is 2. The Kier molecular flexibility index (Phi) is 7.12. The van der Waals surface area contributed by atoms with Crippen LogP contribution in [-0.4, -0.2) is 51.3 Å². The quantitative estimate of drug-likeness (QED) is 0.632. The highest BCUT2D eigenvalue weighted by atomic mass is 35.5. The zero-order valence-corrected chi connectivity index (χ0v) is 18.1. The van der Waals surface area contributed by atoms with E-state index < -0.39 is 21.9 Å². The lowest BCUT2D eigenvalue weighted by molar-refractivity contribution is -0.153. The molecule has 9 heteroatoms. The lowest BCUT2D eigenvalue weighted by Gasteiger charge is -2.30. The molecule has 7 nitrogen and oxygen atoms in total. The second-order valence-corrected chi connectivity index (χ2v) is 9.40. The smallest absolute Gasteiger partial charge is 0.309 e. The molecule has 0 atom stereocenters. The van der Waals surface area contributed by atoms with Gasteiger partial charge in [0.15, 0.2) is 6.61 Å². The number of hydrogen-bond acceptors (Lipinski definition) is 5. The van der Waals surface area contributed by atoms with Crippen LogP contribution in [0.15, 0.2) is 59.5 Å². The molecular weight excluding hydrogens is 428 g/mol. The molecule has 3 rings (SSSR count). The summed E-state index contributed by atoms with van der Waals surface area (Å²) in [7, 11) is -2.02. The molecule has 160 valence electrons. The van der Waals surface area contributed by atoms with E-state index in [0.717, 1.165) is 0 Å². The van der Waals surface area contributed by atoms with Crippen molar-refractivity contribution in [1.29, 1.82) is 0 Å². The van der Waals surface area contributed by atoms with Crippen molar-refractivity contribution in [2.75, 3.05) is 31.6 Å². The van der Waals surface area contributed by atoms with Crippen molar-refractivity contribution in [3.05, 3.63) is 59.6 Å². The van der Waals surface area contributed by atoms with Crippen LogP contribution in [0.1, 0.15) is 12.8 Å². The van der Waals surface area contributed by atoms with Crippen molar-refractivity contribution < 1.29 is 22.7 Å². The maximum atomic E-state index is 12.7. The number of amides is 1. The highest BCUT2D eigenvalue weighted by molar-refractivity contribution is 7.89. The average molecular weight is 451 g/mol. The Bertz CT molecular complexity index is 988. The number of carbonyl (C=O) groups is 2. The van der Waals surface area contributed by atoms with Gasteiger partial charge in [0.05, 0.1) is 10.8 Å². The summed E-state index contributed by atoms with van der Waals surface area (Å²) < 4.78 is 32.0. The fourth-order valence-corrected chi connectivity index (χ4v) is 4.83. The first-order valence-corrected chi connectivity index (χ1v) is 11.3. The Morgan fingerprint density at radius 1 is 1.07 bits per heavy atom. The average Bonchev–Trinajstić information content (AvgIpc) is 2.77. The summed E-state index contributed by atoms with van der Waals surface area (Å²) in [6, 6.07) is 15.0. The molecule has 0 bridgehead atoms. The molecule has 1 heterocycles. The van der Waals surface area contributed by atoms with Gasteiger partial charge in [-0.05, 0) is 49.2 Å². The molecular formula is C21H23ClN2O5S. The Hall–Kier alpha value is -2.42. The molecule has 1 saturated heterocycles. The van der Waals surface area contributed by atoms with E-state index in [-0.39, 0.29) is 30.5 Å². The number of carbonyl (C=O) groups excluding carboxylic acids is 2. The van der Waals surface area contributed by atoms with E-state index >= 15 is 0 Å². The molecule has 0 saturated carbocycles. The van der Waals surface area contributed by atoms with E-state index in [2.05, 4.69) is 0 Å². The monoisotopic (exact) mass is 450 g/mol. The molecule has 0 unspecified atom stereocenters. The Morgan fingerprint density at radius 2 is 1.67 bits per heavy atom. The van der Waals surface area contributed by atoms with E-state index in [1.165, 1.54) is 33.5 Å². The number of para-hydroxylation sites is 1. The molecule has 2 aromatic carbocycles. The molecule has 0 N–H and O–H groups in total. The summed E-state index contributed by atoms with van der Waals surface area (Å²) in [5.74, 6) is -1.25. The zero-order valence-electron chi connectivity index (χ0n) is 16.5. The Morgan fingerprint density at radius 3 is 2.27 bits per heavy atom. The number of halogens is 1. The van der Waals surface area contributed by atoms with Gasteiger partial charge < -0.3 is 9.64 Å². The van der Waals surface area contributed by atoms with Crippen LogP contribution >= 0.6 is 11.6 Å². The number of piperidine rings is 1. The molecule has 1 aliphatic rings. The van der Waals surface area contributed by atoms with Crippen LogP contribution in [0.25, 0.3) is 0 Å². The summed E-state index contributed by atoms with van der Waals surface area (Å²) in [4.78, 5) is 26.2. The van der Waals surface area contributed by atoms with Crippen LogP contribution in [0.2, 0.25) is 5.02 Å².